The fraction of sp³-hybridized carbons (Fsp3) is 0.348. The molecule has 1 saturated heterocycles. The molecule has 7 heteroatoms. The van der Waals surface area contributed by atoms with Crippen LogP contribution < -0.4 is 4.74 Å². The number of carbonyl (C=O) groups excluding carboxylic acids is 1. The summed E-state index contributed by atoms with van der Waals surface area (Å²) >= 11 is 0. The molecule has 4 nitrogen and oxygen atoms in total. The van der Waals surface area contributed by atoms with Crippen molar-refractivity contribution in [2.75, 3.05) is 6.54 Å². The molecule has 0 radical (unpaired) electrons. The molecule has 1 aliphatic heterocycles. The van der Waals surface area contributed by atoms with Crippen LogP contribution in [-0.2, 0) is 10.3 Å². The van der Waals surface area contributed by atoms with E-state index in [-0.39, 0.29) is 17.6 Å². The van der Waals surface area contributed by atoms with Gasteiger partial charge in [0.15, 0.2) is 0 Å². The van der Waals surface area contributed by atoms with E-state index < -0.39 is 18.3 Å². The zero-order valence-electron chi connectivity index (χ0n) is 16.7. The van der Waals surface area contributed by atoms with Gasteiger partial charge in [-0.3, -0.25) is 0 Å². The van der Waals surface area contributed by atoms with E-state index in [0.29, 0.717) is 25.8 Å². The lowest BCUT2D eigenvalue weighted by molar-refractivity contribution is -0.0607. The first kappa shape index (κ1) is 21.7. The number of nitrogens with zero attached hydrogens (tertiary/aromatic N) is 1. The van der Waals surface area contributed by atoms with Crippen molar-refractivity contribution in [3.05, 3.63) is 78.1 Å². The van der Waals surface area contributed by atoms with Crippen molar-refractivity contribution in [3.63, 3.8) is 0 Å². The van der Waals surface area contributed by atoms with Crippen molar-refractivity contribution in [3.8, 4) is 5.75 Å². The summed E-state index contributed by atoms with van der Waals surface area (Å²) in [4.78, 5) is 14.6. The lowest BCUT2D eigenvalue weighted by Gasteiger charge is -2.43. The number of hydrogen-bond donors (Lipinski definition) is 0. The van der Waals surface area contributed by atoms with Crippen LogP contribution in [0.1, 0.15) is 43.4 Å². The molecule has 3 rings (SSSR count). The van der Waals surface area contributed by atoms with Gasteiger partial charge in [0.25, 0.3) is 0 Å². The summed E-state index contributed by atoms with van der Waals surface area (Å²) in [6, 6.07) is 11.9. The fourth-order valence-electron chi connectivity index (χ4n) is 3.91. The van der Waals surface area contributed by atoms with Crippen molar-refractivity contribution >= 4 is 6.09 Å². The summed E-state index contributed by atoms with van der Waals surface area (Å²) in [7, 11) is 0. The van der Waals surface area contributed by atoms with Gasteiger partial charge in [0, 0.05) is 19.4 Å². The van der Waals surface area contributed by atoms with Crippen LogP contribution >= 0.6 is 0 Å². The Morgan fingerprint density at radius 3 is 2.40 bits per heavy atom. The predicted octanol–water partition coefficient (Wildman–Crippen LogP) is 6.19. The highest BCUT2D eigenvalue weighted by Gasteiger charge is 2.43. The predicted molar refractivity (Wildman–Crippen MR) is 107 cm³/mol. The van der Waals surface area contributed by atoms with E-state index in [9.17, 15) is 18.0 Å². The minimum absolute atomic E-state index is 0.0612. The van der Waals surface area contributed by atoms with E-state index in [1.54, 1.807) is 35.2 Å². The molecule has 0 spiro atoms. The Hall–Kier alpha value is -2.96. The van der Waals surface area contributed by atoms with E-state index >= 15 is 0 Å². The first-order valence-corrected chi connectivity index (χ1v) is 9.80. The molecule has 0 bridgehead atoms. The average molecular weight is 419 g/mol. The second-order valence-electron chi connectivity index (χ2n) is 7.18. The number of rotatable bonds is 8. The van der Waals surface area contributed by atoms with Crippen LogP contribution in [0, 0.1) is 5.82 Å². The van der Waals surface area contributed by atoms with Crippen molar-refractivity contribution < 1.29 is 27.4 Å². The number of ether oxygens (including phenoxy) is 2. The molecule has 2 aromatic carbocycles. The van der Waals surface area contributed by atoms with Gasteiger partial charge in [-0.1, -0.05) is 37.3 Å². The molecule has 0 aromatic heterocycles. The molecule has 1 amide bonds. The molecular formula is C23H24F3NO3. The maximum Gasteiger partial charge on any atom is 0.411 e. The Morgan fingerprint density at radius 2 is 1.87 bits per heavy atom. The Labute approximate surface area is 173 Å². The van der Waals surface area contributed by atoms with Crippen LogP contribution in [0.3, 0.4) is 0 Å². The molecule has 30 heavy (non-hydrogen) atoms. The Bertz CT molecular complexity index is 870. The number of carbonyl (C=O) groups is 1. The van der Waals surface area contributed by atoms with Crippen LogP contribution in [0.2, 0.25) is 0 Å². The van der Waals surface area contributed by atoms with Gasteiger partial charge in [-0.15, -0.1) is 6.58 Å². The highest BCUT2D eigenvalue weighted by Crippen LogP contribution is 2.40. The maximum atomic E-state index is 13.4. The average Bonchev–Trinajstić information content (AvgIpc) is 2.71. The zero-order chi connectivity index (χ0) is 21.7. The maximum absolute atomic E-state index is 13.4. The number of halogens is 3. The third-order valence-electron chi connectivity index (χ3n) is 5.37. The zero-order valence-corrected chi connectivity index (χ0v) is 16.7. The third-order valence-corrected chi connectivity index (χ3v) is 5.37. The molecule has 1 fully saturated rings. The van der Waals surface area contributed by atoms with E-state index in [1.165, 1.54) is 24.3 Å². The summed E-state index contributed by atoms with van der Waals surface area (Å²) in [5.74, 6) is -0.298. The van der Waals surface area contributed by atoms with Crippen LogP contribution in [-0.4, -0.2) is 24.1 Å². The second-order valence-corrected chi connectivity index (χ2v) is 7.18. The minimum atomic E-state index is -2.89. The largest absolute Gasteiger partial charge is 0.437 e. The summed E-state index contributed by atoms with van der Waals surface area (Å²) in [6.07, 6.45) is 2.75. The molecule has 2 aromatic rings. The van der Waals surface area contributed by atoms with Crippen LogP contribution in [0.4, 0.5) is 18.0 Å². The van der Waals surface area contributed by atoms with Gasteiger partial charge >= 0.3 is 12.7 Å². The number of hydrogen-bond acceptors (Lipinski definition) is 3. The van der Waals surface area contributed by atoms with Crippen molar-refractivity contribution in [2.24, 2.45) is 0 Å². The fourth-order valence-corrected chi connectivity index (χ4v) is 3.91. The highest BCUT2D eigenvalue weighted by molar-refractivity contribution is 5.70. The Balaban J connectivity index is 1.80. The van der Waals surface area contributed by atoms with E-state index in [2.05, 4.69) is 11.3 Å². The molecule has 0 aliphatic carbocycles. The summed E-state index contributed by atoms with van der Waals surface area (Å²) < 4.78 is 48.4. The molecule has 2 atom stereocenters. The minimum Gasteiger partial charge on any atom is -0.437 e. The molecule has 160 valence electrons. The monoisotopic (exact) mass is 419 g/mol. The SMILES string of the molecule is C=CC[C@]1(c2ccc(F)cc2)CCN([C@@H](CC)c2ccc(OC(F)F)cc2)C(=O)O1. The van der Waals surface area contributed by atoms with E-state index in [4.69, 9.17) is 4.74 Å². The van der Waals surface area contributed by atoms with Crippen LogP contribution in [0.5, 0.6) is 5.75 Å². The van der Waals surface area contributed by atoms with Gasteiger partial charge in [-0.2, -0.15) is 8.78 Å². The standard InChI is InChI=1S/C23H24F3NO3/c1-3-13-23(17-7-9-18(24)10-8-17)14-15-27(22(28)30-23)20(4-2)16-5-11-19(12-6-16)29-21(25)26/h3,5-12,20-21H,1,4,13-15H2,2H3/t20-,23+/m0/s1. The Kier molecular flexibility index (Phi) is 6.70. The van der Waals surface area contributed by atoms with E-state index in [1.807, 2.05) is 6.92 Å². The van der Waals surface area contributed by atoms with Gasteiger partial charge in [-0.05, 0) is 41.8 Å². The number of benzene rings is 2. The number of cyclic esters (lactones) is 1. The van der Waals surface area contributed by atoms with Crippen LogP contribution in [0.15, 0.2) is 61.2 Å². The normalized spacial score (nSPS) is 20.0. The third kappa shape index (κ3) is 4.61. The van der Waals surface area contributed by atoms with Crippen molar-refractivity contribution in [2.45, 2.75) is 44.4 Å². The van der Waals surface area contributed by atoms with E-state index in [0.717, 1.165) is 11.1 Å². The summed E-state index contributed by atoms with van der Waals surface area (Å²) in [5.41, 5.74) is 0.628. The molecule has 0 unspecified atom stereocenters. The van der Waals surface area contributed by atoms with Gasteiger partial charge in [0.05, 0.1) is 6.04 Å². The second kappa shape index (κ2) is 9.24. The van der Waals surface area contributed by atoms with Gasteiger partial charge in [0.2, 0.25) is 0 Å². The smallest absolute Gasteiger partial charge is 0.411 e. The first-order chi connectivity index (χ1) is 14.4. The summed E-state index contributed by atoms with van der Waals surface area (Å²) in [6.45, 7) is 3.25. The number of alkyl halides is 2. The Morgan fingerprint density at radius 1 is 1.20 bits per heavy atom. The highest BCUT2D eigenvalue weighted by atomic mass is 19.3. The first-order valence-electron chi connectivity index (χ1n) is 9.80. The number of amides is 1. The van der Waals surface area contributed by atoms with Gasteiger partial charge < -0.3 is 14.4 Å². The van der Waals surface area contributed by atoms with Gasteiger partial charge in [-0.25, -0.2) is 9.18 Å². The molecule has 1 heterocycles. The lowest BCUT2D eigenvalue weighted by Crippen LogP contribution is -2.49. The summed E-state index contributed by atoms with van der Waals surface area (Å²) in [5, 5.41) is 0. The quantitative estimate of drug-likeness (QED) is 0.479. The molecule has 1 aliphatic rings. The topological polar surface area (TPSA) is 38.8 Å². The van der Waals surface area contributed by atoms with Crippen LogP contribution in [0.25, 0.3) is 0 Å². The van der Waals surface area contributed by atoms with Crippen molar-refractivity contribution in [1.82, 2.24) is 4.90 Å². The molecule has 0 saturated carbocycles. The van der Waals surface area contributed by atoms with Gasteiger partial charge in [0.1, 0.15) is 17.2 Å². The molecule has 0 N–H and O–H groups in total. The lowest BCUT2D eigenvalue weighted by atomic mass is 9.85. The molecular weight excluding hydrogens is 395 g/mol. The van der Waals surface area contributed by atoms with Crippen molar-refractivity contribution in [1.29, 1.82) is 0 Å².